The summed E-state index contributed by atoms with van der Waals surface area (Å²) in [5, 5.41) is 3.60. The molecule has 0 aliphatic rings. The van der Waals surface area contributed by atoms with Gasteiger partial charge in [0.05, 0.1) is 24.9 Å². The minimum absolute atomic E-state index is 0.163. The highest BCUT2D eigenvalue weighted by atomic mass is 35.5. The molecule has 0 aliphatic carbocycles. The fraction of sp³-hybridized carbons (Fsp3) is 0.111. The maximum Gasteiger partial charge on any atom is 0.349 e. The van der Waals surface area contributed by atoms with E-state index in [1.807, 2.05) is 0 Å². The second kappa shape index (κ2) is 7.27. The van der Waals surface area contributed by atoms with E-state index in [4.69, 9.17) is 37.1 Å². The van der Waals surface area contributed by atoms with Crippen LogP contribution in [0.4, 0.5) is 5.69 Å². The topological polar surface area (TPSA) is 77.8 Å². The fourth-order valence-corrected chi connectivity index (χ4v) is 2.96. The van der Waals surface area contributed by atoms with Gasteiger partial charge in [-0.25, -0.2) is 4.79 Å². The van der Waals surface area contributed by atoms with E-state index < -0.39 is 11.5 Å². The fourth-order valence-electron chi connectivity index (χ4n) is 2.42. The maximum absolute atomic E-state index is 12.6. The van der Waals surface area contributed by atoms with Gasteiger partial charge in [-0.3, -0.25) is 4.79 Å². The molecule has 3 rings (SSSR count). The van der Waals surface area contributed by atoms with Crippen LogP contribution in [-0.2, 0) is 0 Å². The molecule has 0 aliphatic heterocycles. The quantitative estimate of drug-likeness (QED) is 0.665. The molecule has 0 fully saturated rings. The van der Waals surface area contributed by atoms with E-state index in [2.05, 4.69) is 5.32 Å². The van der Waals surface area contributed by atoms with Crippen LogP contribution in [0.3, 0.4) is 0 Å². The van der Waals surface area contributed by atoms with Gasteiger partial charge in [0.2, 0.25) is 0 Å². The average Bonchev–Trinajstić information content (AvgIpc) is 2.61. The van der Waals surface area contributed by atoms with Crippen LogP contribution in [0, 0.1) is 0 Å². The van der Waals surface area contributed by atoms with Crippen molar-refractivity contribution in [3.63, 3.8) is 0 Å². The first-order chi connectivity index (χ1) is 12.4. The van der Waals surface area contributed by atoms with Crippen LogP contribution in [0.15, 0.2) is 45.6 Å². The summed E-state index contributed by atoms with van der Waals surface area (Å²) in [5.41, 5.74) is -0.501. The molecule has 1 aromatic heterocycles. The highest BCUT2D eigenvalue weighted by Gasteiger charge is 2.17. The summed E-state index contributed by atoms with van der Waals surface area (Å²) in [5.74, 6) is 0.268. The van der Waals surface area contributed by atoms with Gasteiger partial charge in [0.15, 0.2) is 5.58 Å². The van der Waals surface area contributed by atoms with E-state index in [-0.39, 0.29) is 16.2 Å². The Hall–Kier alpha value is -2.70. The van der Waals surface area contributed by atoms with Gasteiger partial charge in [-0.2, -0.15) is 0 Å². The van der Waals surface area contributed by atoms with Crippen molar-refractivity contribution in [2.45, 2.75) is 0 Å². The molecule has 0 saturated heterocycles. The van der Waals surface area contributed by atoms with Gasteiger partial charge < -0.3 is 19.2 Å². The van der Waals surface area contributed by atoms with Crippen molar-refractivity contribution in [1.82, 2.24) is 0 Å². The lowest BCUT2D eigenvalue weighted by atomic mass is 10.1. The molecule has 26 heavy (non-hydrogen) atoms. The summed E-state index contributed by atoms with van der Waals surface area (Å²) in [6, 6.07) is 9.28. The summed E-state index contributed by atoms with van der Waals surface area (Å²) in [7, 11) is 2.96. The van der Waals surface area contributed by atoms with Crippen LogP contribution >= 0.6 is 23.2 Å². The third-order valence-corrected chi connectivity index (χ3v) is 4.15. The summed E-state index contributed by atoms with van der Waals surface area (Å²) < 4.78 is 15.5. The van der Waals surface area contributed by atoms with Gasteiger partial charge in [-0.05, 0) is 30.3 Å². The van der Waals surface area contributed by atoms with Crippen molar-refractivity contribution < 1.29 is 18.7 Å². The summed E-state index contributed by atoms with van der Waals surface area (Å²) in [6.45, 7) is 0. The van der Waals surface area contributed by atoms with Gasteiger partial charge in [-0.1, -0.05) is 23.2 Å². The minimum atomic E-state index is -0.818. The molecule has 2 aromatic carbocycles. The van der Waals surface area contributed by atoms with Crippen LogP contribution in [-0.4, -0.2) is 20.1 Å². The number of amides is 1. The lowest BCUT2D eigenvalue weighted by molar-refractivity contribution is 0.102. The molecular formula is C18H13Cl2NO5. The number of halogens is 2. The van der Waals surface area contributed by atoms with Gasteiger partial charge in [0, 0.05) is 16.5 Å². The molecule has 3 aromatic rings. The first-order valence-electron chi connectivity index (χ1n) is 7.39. The molecule has 0 unspecified atom stereocenters. The van der Waals surface area contributed by atoms with Crippen LogP contribution in [0.1, 0.15) is 10.4 Å². The highest BCUT2D eigenvalue weighted by Crippen LogP contribution is 2.30. The third kappa shape index (κ3) is 3.47. The normalized spacial score (nSPS) is 10.6. The van der Waals surface area contributed by atoms with Gasteiger partial charge in [0.1, 0.15) is 17.1 Å². The maximum atomic E-state index is 12.6. The monoisotopic (exact) mass is 393 g/mol. The molecule has 1 heterocycles. The second-order valence-corrected chi connectivity index (χ2v) is 6.12. The molecule has 8 heteroatoms. The molecule has 134 valence electrons. The summed E-state index contributed by atoms with van der Waals surface area (Å²) >= 11 is 12.0. The van der Waals surface area contributed by atoms with Crippen LogP contribution in [0.5, 0.6) is 11.5 Å². The smallest absolute Gasteiger partial charge is 0.349 e. The van der Waals surface area contributed by atoms with Crippen LogP contribution in [0.25, 0.3) is 11.0 Å². The summed E-state index contributed by atoms with van der Waals surface area (Å²) in [6.07, 6.45) is 0. The van der Waals surface area contributed by atoms with E-state index in [1.165, 1.54) is 26.4 Å². The molecule has 0 radical (unpaired) electrons. The number of methoxy groups -OCH3 is 2. The third-order valence-electron chi connectivity index (χ3n) is 3.65. The van der Waals surface area contributed by atoms with Crippen LogP contribution < -0.4 is 20.4 Å². The van der Waals surface area contributed by atoms with Crippen molar-refractivity contribution in [3.05, 3.63) is 62.4 Å². The SMILES string of the molecule is COc1ccc(OC)c(NC(=O)c2cc3cc(Cl)cc(Cl)c3oc2=O)c1. The van der Waals surface area contributed by atoms with Crippen molar-refractivity contribution in [2.75, 3.05) is 19.5 Å². The Bertz CT molecular complexity index is 1060. The largest absolute Gasteiger partial charge is 0.497 e. The molecule has 0 spiro atoms. The molecule has 0 bridgehead atoms. The number of carbonyl (C=O) groups is 1. The van der Waals surface area contributed by atoms with Gasteiger partial charge in [-0.15, -0.1) is 0 Å². The Balaban J connectivity index is 2.03. The Kier molecular flexibility index (Phi) is 5.06. The van der Waals surface area contributed by atoms with E-state index in [9.17, 15) is 9.59 Å². The molecule has 0 saturated carbocycles. The van der Waals surface area contributed by atoms with Crippen molar-refractivity contribution in [1.29, 1.82) is 0 Å². The standard InChI is InChI=1S/C18H13Cl2NO5/c1-24-11-3-4-15(25-2)14(8-11)21-17(22)12-6-9-5-10(19)7-13(20)16(9)26-18(12)23/h3-8H,1-2H3,(H,21,22). The van der Waals surface area contributed by atoms with Crippen molar-refractivity contribution >= 4 is 45.8 Å². The first-order valence-corrected chi connectivity index (χ1v) is 8.15. The number of benzene rings is 2. The predicted molar refractivity (Wildman–Crippen MR) is 100 cm³/mol. The first kappa shape index (κ1) is 18.1. The Morgan fingerprint density at radius 3 is 2.54 bits per heavy atom. The number of nitrogens with one attached hydrogen (secondary N) is 1. The Morgan fingerprint density at radius 2 is 1.85 bits per heavy atom. The number of anilines is 1. The zero-order valence-electron chi connectivity index (χ0n) is 13.8. The van der Waals surface area contributed by atoms with Gasteiger partial charge in [0.25, 0.3) is 5.91 Å². The number of hydrogen-bond donors (Lipinski definition) is 1. The van der Waals surface area contributed by atoms with E-state index >= 15 is 0 Å². The Morgan fingerprint density at radius 1 is 1.08 bits per heavy atom. The van der Waals surface area contributed by atoms with Crippen LogP contribution in [0.2, 0.25) is 10.0 Å². The number of hydrogen-bond acceptors (Lipinski definition) is 5. The number of ether oxygens (including phenoxy) is 2. The van der Waals surface area contributed by atoms with E-state index in [0.717, 1.165) is 0 Å². The minimum Gasteiger partial charge on any atom is -0.497 e. The molecule has 6 nitrogen and oxygen atoms in total. The predicted octanol–water partition coefficient (Wildman–Crippen LogP) is 4.37. The number of carbonyl (C=O) groups excluding carboxylic acids is 1. The molecule has 1 amide bonds. The van der Waals surface area contributed by atoms with Crippen molar-refractivity contribution in [3.8, 4) is 11.5 Å². The lowest BCUT2D eigenvalue weighted by Crippen LogP contribution is -2.21. The highest BCUT2D eigenvalue weighted by molar-refractivity contribution is 6.38. The van der Waals surface area contributed by atoms with E-state index in [0.29, 0.717) is 27.6 Å². The number of rotatable bonds is 4. The lowest BCUT2D eigenvalue weighted by Gasteiger charge is -2.11. The Labute approximate surface area is 158 Å². The molecule has 1 N–H and O–H groups in total. The molecule has 0 atom stereocenters. The average molecular weight is 394 g/mol. The zero-order valence-corrected chi connectivity index (χ0v) is 15.3. The summed E-state index contributed by atoms with van der Waals surface area (Å²) in [4.78, 5) is 24.8. The number of fused-ring (bicyclic) bond motifs is 1. The zero-order chi connectivity index (χ0) is 18.8. The van der Waals surface area contributed by atoms with Gasteiger partial charge >= 0.3 is 5.63 Å². The van der Waals surface area contributed by atoms with Crippen molar-refractivity contribution in [2.24, 2.45) is 0 Å². The second-order valence-electron chi connectivity index (χ2n) is 5.27. The molecular weight excluding hydrogens is 381 g/mol. The van der Waals surface area contributed by atoms with E-state index in [1.54, 1.807) is 24.3 Å².